The Morgan fingerprint density at radius 3 is 1.56 bits per heavy atom. The van der Waals surface area contributed by atoms with Crippen molar-refractivity contribution in [3.8, 4) is 0 Å². The molecule has 6 aliphatic heterocycles. The molecule has 0 bridgehead atoms. The largest absolute Gasteiger partial charge is 0.423 e. The van der Waals surface area contributed by atoms with Gasteiger partial charge in [0.1, 0.15) is 0 Å². The van der Waals surface area contributed by atoms with Gasteiger partial charge in [0.2, 0.25) is 11.3 Å². The van der Waals surface area contributed by atoms with Gasteiger partial charge in [-0.25, -0.2) is 4.57 Å². The molecule has 1 unspecified atom stereocenters. The fraction of sp³-hybridized carbons (Fsp3) is 0.0192. The second-order valence-corrected chi connectivity index (χ2v) is 16.4. The SMILES string of the molecule is c1ccc(C2=c3c4cc5ccccc5cc4c4n3C35n6c(c7cc8ccccc8cc7c6N=C6c7ccccc7C2=[N+]63)N=C2c3cc6ccccc6cc3C(=[N+]25)N=4)cc1. The summed E-state index contributed by atoms with van der Waals surface area (Å²) in [5.74, 6) is 3.48. The summed E-state index contributed by atoms with van der Waals surface area (Å²) in [5.41, 5.74) is 8.83. The molecule has 0 N–H and O–H groups in total. The van der Waals surface area contributed by atoms with Gasteiger partial charge in [-0.1, -0.05) is 125 Å². The standard InChI is InChI=1S/C52H27N7/c1-2-12-28(13-3-1)43-44-35-20-10-11-21-36(35)46-53-48-39-24-31-16-6-8-18-33(31)26-41(39)50-55-51-42-27-34-19-9-7-17-32(34)25-40(42)49-54-47-38-23-30-15-5-4-14-29(30)22-37(38)45(43)57(47)52(56(44)46,58(48)50)59(49)51/h1-27H/q+2. The van der Waals surface area contributed by atoms with Crippen LogP contribution in [0.1, 0.15) is 27.8 Å². The molecule has 0 aliphatic carbocycles. The quantitative estimate of drug-likeness (QED) is 0.151. The molecule has 8 aromatic carbocycles. The first-order chi connectivity index (χ1) is 29.3. The lowest BCUT2D eigenvalue weighted by Crippen LogP contribution is -2.72. The summed E-state index contributed by atoms with van der Waals surface area (Å²) in [6.45, 7) is 0. The molecule has 16 rings (SSSR count). The van der Waals surface area contributed by atoms with E-state index in [1.54, 1.807) is 0 Å². The summed E-state index contributed by atoms with van der Waals surface area (Å²) in [6.07, 6.45) is 0. The van der Waals surface area contributed by atoms with Gasteiger partial charge in [-0.15, -0.1) is 9.15 Å². The van der Waals surface area contributed by atoms with Crippen LogP contribution in [0.5, 0.6) is 0 Å². The van der Waals surface area contributed by atoms with Crippen LogP contribution in [0, 0.1) is 0 Å². The number of amidine groups is 3. The lowest BCUT2D eigenvalue weighted by atomic mass is 9.92. The van der Waals surface area contributed by atoms with E-state index in [1.165, 1.54) is 43.3 Å². The maximum Gasteiger partial charge on any atom is 0.423 e. The molecule has 7 heteroatoms. The Morgan fingerprint density at radius 2 is 0.915 bits per heavy atom. The molecule has 268 valence electrons. The van der Waals surface area contributed by atoms with Crippen LogP contribution in [0.2, 0.25) is 0 Å². The summed E-state index contributed by atoms with van der Waals surface area (Å²) < 4.78 is 9.99. The minimum atomic E-state index is -1.05. The molecule has 0 amide bonds. The fourth-order valence-corrected chi connectivity index (χ4v) is 11.3. The molecule has 0 saturated heterocycles. The zero-order valence-corrected chi connectivity index (χ0v) is 31.2. The van der Waals surface area contributed by atoms with Gasteiger partial charge in [-0.2, -0.15) is 4.57 Å². The van der Waals surface area contributed by atoms with Gasteiger partial charge in [0, 0.05) is 21.7 Å². The van der Waals surface area contributed by atoms with E-state index in [9.17, 15) is 0 Å². The number of rotatable bonds is 1. The van der Waals surface area contributed by atoms with Crippen molar-refractivity contribution in [1.29, 1.82) is 0 Å². The molecule has 8 heterocycles. The zero-order valence-electron chi connectivity index (χ0n) is 31.2. The zero-order chi connectivity index (χ0) is 37.9. The molecule has 59 heavy (non-hydrogen) atoms. The van der Waals surface area contributed by atoms with Crippen molar-refractivity contribution >= 4 is 94.3 Å². The average molecular weight is 750 g/mol. The van der Waals surface area contributed by atoms with Crippen molar-refractivity contribution in [2.24, 2.45) is 15.0 Å². The Balaban J connectivity index is 1.23. The number of nitrogens with zero attached hydrogens (tertiary/aromatic N) is 7. The summed E-state index contributed by atoms with van der Waals surface area (Å²) >= 11 is 0. The van der Waals surface area contributed by atoms with Crippen molar-refractivity contribution in [3.63, 3.8) is 0 Å². The minimum Gasteiger partial charge on any atom is -0.216 e. The molecule has 1 atom stereocenters. The van der Waals surface area contributed by atoms with E-state index in [-0.39, 0.29) is 0 Å². The van der Waals surface area contributed by atoms with Crippen LogP contribution in [0.25, 0.3) is 59.4 Å². The molecule has 0 fully saturated rings. The van der Waals surface area contributed by atoms with Crippen molar-refractivity contribution < 1.29 is 9.15 Å². The monoisotopic (exact) mass is 749 g/mol. The molecule has 0 radical (unpaired) electrons. The van der Waals surface area contributed by atoms with Crippen LogP contribution in [-0.4, -0.2) is 41.5 Å². The van der Waals surface area contributed by atoms with Gasteiger partial charge in [-0.3, -0.25) is 0 Å². The second-order valence-electron chi connectivity index (χ2n) is 16.4. The third kappa shape index (κ3) is 3.12. The molecule has 6 aliphatic rings. The first kappa shape index (κ1) is 29.2. The number of aliphatic imine (C=N–C) groups is 2. The number of hydrogen-bond donors (Lipinski definition) is 0. The van der Waals surface area contributed by atoms with Crippen molar-refractivity contribution in [3.05, 3.63) is 202 Å². The van der Waals surface area contributed by atoms with Gasteiger partial charge in [0.15, 0.2) is 5.71 Å². The number of aromatic nitrogens is 2. The van der Waals surface area contributed by atoms with E-state index in [0.29, 0.717) is 0 Å². The molecule has 2 aromatic heterocycles. The highest BCUT2D eigenvalue weighted by atomic mass is 15.7. The number of hydrogen-bond acceptors (Lipinski definition) is 3. The van der Waals surface area contributed by atoms with Gasteiger partial charge in [0.05, 0.1) is 33.0 Å². The first-order valence-corrected chi connectivity index (χ1v) is 20.2. The third-order valence-electron chi connectivity index (χ3n) is 13.6. The van der Waals surface area contributed by atoms with E-state index >= 15 is 0 Å². The van der Waals surface area contributed by atoms with Crippen molar-refractivity contribution in [2.45, 2.75) is 5.91 Å². The maximum absolute atomic E-state index is 5.85. The predicted octanol–water partition coefficient (Wildman–Crippen LogP) is 8.79. The Labute approximate surface area is 334 Å². The van der Waals surface area contributed by atoms with Crippen LogP contribution >= 0.6 is 0 Å². The van der Waals surface area contributed by atoms with E-state index in [2.05, 4.69) is 182 Å². The van der Waals surface area contributed by atoms with Gasteiger partial charge < -0.3 is 0 Å². The van der Waals surface area contributed by atoms with E-state index in [0.717, 1.165) is 89.7 Å². The Bertz CT molecular complexity index is 4060. The topological polar surface area (TPSA) is 53.0 Å². The number of fused-ring (bicyclic) bond motifs is 15. The van der Waals surface area contributed by atoms with E-state index < -0.39 is 5.91 Å². The molecule has 10 aromatic rings. The van der Waals surface area contributed by atoms with Gasteiger partial charge in [0.25, 0.3) is 17.5 Å². The fourth-order valence-electron chi connectivity index (χ4n) is 11.3. The van der Waals surface area contributed by atoms with Gasteiger partial charge >= 0.3 is 11.7 Å². The highest BCUT2D eigenvalue weighted by Crippen LogP contribution is 2.54. The first-order valence-electron chi connectivity index (χ1n) is 20.2. The highest BCUT2D eigenvalue weighted by molar-refractivity contribution is 6.36. The summed E-state index contributed by atoms with van der Waals surface area (Å²) in [7, 11) is 0. The Hall–Kier alpha value is -8.03. The van der Waals surface area contributed by atoms with Gasteiger partial charge in [-0.05, 0) is 91.4 Å². The lowest BCUT2D eigenvalue weighted by Gasteiger charge is -2.41. The molecule has 0 saturated carbocycles. The molecule has 1 spiro atoms. The van der Waals surface area contributed by atoms with Crippen LogP contribution in [-0.2, 0) is 5.91 Å². The predicted molar refractivity (Wildman–Crippen MR) is 234 cm³/mol. The highest BCUT2D eigenvalue weighted by Gasteiger charge is 2.70. The normalized spacial score (nSPS) is 18.4. The van der Waals surface area contributed by atoms with Crippen LogP contribution in [0.4, 0.5) is 11.6 Å². The average Bonchev–Trinajstić information content (AvgIpc) is 3.99. The molecular formula is C52H27N7+2. The van der Waals surface area contributed by atoms with Crippen LogP contribution in [0.15, 0.2) is 179 Å². The number of benzene rings is 8. The van der Waals surface area contributed by atoms with Crippen molar-refractivity contribution in [1.82, 2.24) is 9.13 Å². The molecular weight excluding hydrogens is 723 g/mol. The Morgan fingerprint density at radius 1 is 0.407 bits per heavy atom. The van der Waals surface area contributed by atoms with Crippen LogP contribution < -0.4 is 10.8 Å². The smallest absolute Gasteiger partial charge is 0.216 e. The maximum atomic E-state index is 5.85. The lowest BCUT2D eigenvalue weighted by molar-refractivity contribution is -0.789. The van der Waals surface area contributed by atoms with E-state index in [4.69, 9.17) is 15.0 Å². The van der Waals surface area contributed by atoms with Crippen LogP contribution in [0.3, 0.4) is 0 Å². The minimum absolute atomic E-state index is 0.898. The van der Waals surface area contributed by atoms with E-state index in [1.807, 2.05) is 0 Å². The summed E-state index contributed by atoms with van der Waals surface area (Å²) in [4.78, 5) is 17.4. The summed E-state index contributed by atoms with van der Waals surface area (Å²) in [6, 6.07) is 59.8. The van der Waals surface area contributed by atoms with Crippen molar-refractivity contribution in [2.75, 3.05) is 0 Å². The Kier molecular flexibility index (Phi) is 4.74. The molecule has 7 nitrogen and oxygen atoms in total. The third-order valence-corrected chi connectivity index (χ3v) is 13.6. The summed E-state index contributed by atoms with van der Waals surface area (Å²) in [5, 5.41) is 12.7. The second kappa shape index (κ2) is 9.56.